The fraction of sp³-hybridized carbons (Fsp3) is 0.667. The molecule has 0 aromatic carbocycles. The summed E-state index contributed by atoms with van der Waals surface area (Å²) in [5, 5.41) is 3.33. The molecule has 2 rings (SSSR count). The molecule has 0 unspecified atom stereocenters. The number of anilines is 1. The van der Waals surface area contributed by atoms with Crippen LogP contribution in [0.25, 0.3) is 0 Å². The third-order valence-electron chi connectivity index (χ3n) is 3.26. The van der Waals surface area contributed by atoms with Gasteiger partial charge in [0.1, 0.15) is 0 Å². The van der Waals surface area contributed by atoms with Crippen LogP contribution in [0.2, 0.25) is 0 Å². The van der Waals surface area contributed by atoms with E-state index >= 15 is 0 Å². The molecule has 1 aromatic heterocycles. The zero-order valence-electron chi connectivity index (χ0n) is 9.58. The maximum Gasteiger partial charge on any atom is 0.222 e. The first-order chi connectivity index (χ1) is 7.18. The Labute approximate surface area is 91.3 Å². The summed E-state index contributed by atoms with van der Waals surface area (Å²) in [4.78, 5) is 8.50. The van der Waals surface area contributed by atoms with Crippen molar-refractivity contribution >= 4 is 5.95 Å². The molecule has 0 bridgehead atoms. The lowest BCUT2D eigenvalue weighted by Gasteiger charge is -2.23. The molecule has 1 saturated carbocycles. The molecule has 0 spiro atoms. The van der Waals surface area contributed by atoms with E-state index in [0.717, 1.165) is 18.1 Å². The van der Waals surface area contributed by atoms with Crippen molar-refractivity contribution < 1.29 is 0 Å². The van der Waals surface area contributed by atoms with Gasteiger partial charge in [-0.1, -0.05) is 19.8 Å². The smallest absolute Gasteiger partial charge is 0.222 e. The quantitative estimate of drug-likeness (QED) is 0.824. The molecule has 1 aliphatic carbocycles. The molecule has 3 heteroatoms. The van der Waals surface area contributed by atoms with Gasteiger partial charge in [0, 0.05) is 18.9 Å². The molecule has 3 nitrogen and oxygen atoms in total. The van der Waals surface area contributed by atoms with Gasteiger partial charge in [0.2, 0.25) is 5.95 Å². The summed E-state index contributed by atoms with van der Waals surface area (Å²) < 4.78 is 0. The summed E-state index contributed by atoms with van der Waals surface area (Å²) >= 11 is 0. The Morgan fingerprint density at radius 1 is 1.27 bits per heavy atom. The second-order valence-corrected chi connectivity index (χ2v) is 4.96. The van der Waals surface area contributed by atoms with Gasteiger partial charge < -0.3 is 5.32 Å². The molecule has 0 saturated heterocycles. The number of aryl methyl sites for hydroxylation is 1. The van der Waals surface area contributed by atoms with Crippen LogP contribution in [0.5, 0.6) is 0 Å². The second-order valence-electron chi connectivity index (χ2n) is 4.96. The highest BCUT2D eigenvalue weighted by atomic mass is 15.1. The van der Waals surface area contributed by atoms with Crippen LogP contribution in [0.1, 0.15) is 38.2 Å². The number of nitrogens with zero attached hydrogens (tertiary/aromatic N) is 2. The van der Waals surface area contributed by atoms with Crippen LogP contribution in [0.15, 0.2) is 12.4 Å². The fourth-order valence-electron chi connectivity index (χ4n) is 2.18. The second kappa shape index (κ2) is 4.17. The van der Waals surface area contributed by atoms with Crippen molar-refractivity contribution in [3.63, 3.8) is 0 Å². The molecule has 0 amide bonds. The van der Waals surface area contributed by atoms with Gasteiger partial charge in [0.15, 0.2) is 0 Å². The van der Waals surface area contributed by atoms with Gasteiger partial charge in [-0.2, -0.15) is 0 Å². The van der Waals surface area contributed by atoms with Gasteiger partial charge in [0.25, 0.3) is 0 Å². The zero-order valence-corrected chi connectivity index (χ0v) is 9.58. The Balaban J connectivity index is 1.90. The number of nitrogens with one attached hydrogen (secondary N) is 1. The van der Waals surface area contributed by atoms with Crippen LogP contribution in [-0.4, -0.2) is 16.5 Å². The van der Waals surface area contributed by atoms with E-state index in [1.54, 1.807) is 0 Å². The minimum atomic E-state index is 0.453. The molecule has 0 radical (unpaired) electrons. The third-order valence-corrected chi connectivity index (χ3v) is 3.26. The van der Waals surface area contributed by atoms with E-state index in [0.29, 0.717) is 5.41 Å². The van der Waals surface area contributed by atoms with Crippen LogP contribution in [0.4, 0.5) is 5.95 Å². The number of hydrogen-bond acceptors (Lipinski definition) is 3. The Morgan fingerprint density at radius 2 is 1.87 bits per heavy atom. The van der Waals surface area contributed by atoms with Gasteiger partial charge in [-0.05, 0) is 30.7 Å². The molecule has 1 N–H and O–H groups in total. The van der Waals surface area contributed by atoms with E-state index in [9.17, 15) is 0 Å². The van der Waals surface area contributed by atoms with Crippen molar-refractivity contribution in [1.29, 1.82) is 0 Å². The molecule has 1 aliphatic rings. The van der Waals surface area contributed by atoms with E-state index < -0.39 is 0 Å². The van der Waals surface area contributed by atoms with Crippen molar-refractivity contribution in [2.75, 3.05) is 11.9 Å². The van der Waals surface area contributed by atoms with Crippen molar-refractivity contribution in [3.8, 4) is 0 Å². The van der Waals surface area contributed by atoms with E-state index in [1.807, 2.05) is 19.3 Å². The highest BCUT2D eigenvalue weighted by Crippen LogP contribution is 2.37. The highest BCUT2D eigenvalue weighted by Gasteiger charge is 2.28. The minimum Gasteiger partial charge on any atom is -0.354 e. The van der Waals surface area contributed by atoms with Crippen molar-refractivity contribution in [2.45, 2.75) is 39.5 Å². The van der Waals surface area contributed by atoms with Crippen molar-refractivity contribution in [1.82, 2.24) is 9.97 Å². The molecular formula is C12H19N3. The van der Waals surface area contributed by atoms with Crippen molar-refractivity contribution in [3.05, 3.63) is 18.0 Å². The lowest BCUT2D eigenvalue weighted by atomic mass is 9.89. The Hall–Kier alpha value is -1.12. The molecule has 1 heterocycles. The Kier molecular flexibility index (Phi) is 2.89. The summed E-state index contributed by atoms with van der Waals surface area (Å²) in [6.45, 7) is 5.35. The predicted octanol–water partition coefficient (Wildman–Crippen LogP) is 2.78. The number of rotatable bonds is 3. The SMILES string of the molecule is Cc1cnc(NCC2(C)CCCC2)nc1. The van der Waals surface area contributed by atoms with Crippen LogP contribution >= 0.6 is 0 Å². The maximum absolute atomic E-state index is 4.25. The monoisotopic (exact) mass is 205 g/mol. The van der Waals surface area contributed by atoms with E-state index in [1.165, 1.54) is 25.7 Å². The molecule has 0 atom stereocenters. The number of aromatic nitrogens is 2. The predicted molar refractivity (Wildman–Crippen MR) is 61.8 cm³/mol. The molecule has 0 aliphatic heterocycles. The summed E-state index contributed by atoms with van der Waals surface area (Å²) in [6.07, 6.45) is 9.09. The van der Waals surface area contributed by atoms with Crippen LogP contribution in [0.3, 0.4) is 0 Å². The molecule has 1 aromatic rings. The summed E-state index contributed by atoms with van der Waals surface area (Å²) in [7, 11) is 0. The van der Waals surface area contributed by atoms with Crippen LogP contribution < -0.4 is 5.32 Å². The number of hydrogen-bond donors (Lipinski definition) is 1. The first-order valence-corrected chi connectivity index (χ1v) is 5.71. The van der Waals surface area contributed by atoms with Crippen LogP contribution in [0, 0.1) is 12.3 Å². The minimum absolute atomic E-state index is 0.453. The van der Waals surface area contributed by atoms with Gasteiger partial charge in [-0.3, -0.25) is 0 Å². The molecule has 1 fully saturated rings. The average Bonchev–Trinajstić information content (AvgIpc) is 2.65. The summed E-state index contributed by atoms with van der Waals surface area (Å²) in [5.74, 6) is 0.758. The van der Waals surface area contributed by atoms with Crippen LogP contribution in [-0.2, 0) is 0 Å². The van der Waals surface area contributed by atoms with Gasteiger partial charge in [0.05, 0.1) is 0 Å². The van der Waals surface area contributed by atoms with Gasteiger partial charge >= 0.3 is 0 Å². The lowest BCUT2D eigenvalue weighted by Crippen LogP contribution is -2.23. The van der Waals surface area contributed by atoms with E-state index in [-0.39, 0.29) is 0 Å². The van der Waals surface area contributed by atoms with E-state index in [2.05, 4.69) is 22.2 Å². The highest BCUT2D eigenvalue weighted by molar-refractivity contribution is 5.24. The average molecular weight is 205 g/mol. The molecule has 15 heavy (non-hydrogen) atoms. The van der Waals surface area contributed by atoms with Gasteiger partial charge in [-0.25, -0.2) is 9.97 Å². The van der Waals surface area contributed by atoms with Gasteiger partial charge in [-0.15, -0.1) is 0 Å². The normalized spacial score (nSPS) is 19.1. The largest absolute Gasteiger partial charge is 0.354 e. The lowest BCUT2D eigenvalue weighted by molar-refractivity contribution is 0.361. The maximum atomic E-state index is 4.25. The summed E-state index contributed by atoms with van der Waals surface area (Å²) in [6, 6.07) is 0. The fourth-order valence-corrected chi connectivity index (χ4v) is 2.18. The standard InChI is InChI=1S/C12H19N3/c1-10-7-13-11(14-8-10)15-9-12(2)5-3-4-6-12/h7-8H,3-6,9H2,1-2H3,(H,13,14,15). The topological polar surface area (TPSA) is 37.8 Å². The summed E-state index contributed by atoms with van der Waals surface area (Å²) in [5.41, 5.74) is 1.56. The third kappa shape index (κ3) is 2.67. The Bertz CT molecular complexity index is 312. The molecule has 82 valence electrons. The van der Waals surface area contributed by atoms with E-state index in [4.69, 9.17) is 0 Å². The first kappa shape index (κ1) is 10.4. The van der Waals surface area contributed by atoms with Crippen molar-refractivity contribution in [2.24, 2.45) is 5.41 Å². The first-order valence-electron chi connectivity index (χ1n) is 5.71. The molecular weight excluding hydrogens is 186 g/mol. The zero-order chi connectivity index (χ0) is 10.7. The Morgan fingerprint density at radius 3 is 2.47 bits per heavy atom.